The molecule has 0 aromatic heterocycles. The van der Waals surface area contributed by atoms with Crippen molar-refractivity contribution in [2.24, 2.45) is 0 Å². The molecular formula is C9H7F3. The van der Waals surface area contributed by atoms with Gasteiger partial charge in [-0.05, 0) is 31.0 Å². The molecule has 0 heterocycles. The van der Waals surface area contributed by atoms with Gasteiger partial charge in [-0.2, -0.15) is 13.2 Å². The average molecular weight is 172 g/mol. The lowest BCUT2D eigenvalue weighted by Gasteiger charge is -2.06. The van der Waals surface area contributed by atoms with Crippen molar-refractivity contribution in [3.8, 4) is 0 Å². The maximum Gasteiger partial charge on any atom is 0.416 e. The van der Waals surface area contributed by atoms with Crippen LogP contribution in [0.3, 0.4) is 0 Å². The first kappa shape index (κ1) is 9.10. The van der Waals surface area contributed by atoms with Crippen LogP contribution in [-0.2, 0) is 12.6 Å². The van der Waals surface area contributed by atoms with Crippen LogP contribution < -0.4 is 0 Å². The van der Waals surface area contributed by atoms with Crippen molar-refractivity contribution < 1.29 is 13.2 Å². The molecule has 0 bridgehead atoms. The van der Waals surface area contributed by atoms with E-state index in [0.29, 0.717) is 5.56 Å². The average Bonchev–Trinajstić information content (AvgIpc) is 2.03. The quantitative estimate of drug-likeness (QED) is 0.610. The maximum atomic E-state index is 12.0. The van der Waals surface area contributed by atoms with Crippen LogP contribution in [0, 0.1) is 6.92 Å². The molecule has 0 aliphatic carbocycles. The van der Waals surface area contributed by atoms with Gasteiger partial charge in [-0.1, -0.05) is 12.1 Å². The van der Waals surface area contributed by atoms with Gasteiger partial charge < -0.3 is 0 Å². The SMILES string of the molecule is [CH]Cc1ccc(C(F)(F)F)cc1. The molecule has 0 N–H and O–H groups in total. The van der Waals surface area contributed by atoms with Crippen molar-refractivity contribution in [2.75, 3.05) is 0 Å². The number of alkyl halides is 3. The number of hydrogen-bond donors (Lipinski definition) is 0. The van der Waals surface area contributed by atoms with E-state index in [9.17, 15) is 13.2 Å². The van der Waals surface area contributed by atoms with E-state index in [0.717, 1.165) is 12.1 Å². The van der Waals surface area contributed by atoms with Crippen molar-refractivity contribution in [3.05, 3.63) is 42.3 Å². The minimum atomic E-state index is -4.26. The Morgan fingerprint density at radius 2 is 1.58 bits per heavy atom. The molecule has 0 fully saturated rings. The fourth-order valence-corrected chi connectivity index (χ4v) is 0.830. The number of halogens is 3. The second-order valence-electron chi connectivity index (χ2n) is 2.40. The van der Waals surface area contributed by atoms with E-state index in [1.807, 2.05) is 0 Å². The predicted octanol–water partition coefficient (Wildman–Crippen LogP) is 2.96. The van der Waals surface area contributed by atoms with Gasteiger partial charge in [0.25, 0.3) is 0 Å². The fraction of sp³-hybridized carbons (Fsp3) is 0.222. The Morgan fingerprint density at radius 3 is 1.92 bits per heavy atom. The molecule has 0 aliphatic rings. The zero-order chi connectivity index (χ0) is 9.19. The first-order valence-corrected chi connectivity index (χ1v) is 3.40. The molecule has 1 aromatic carbocycles. The second kappa shape index (κ2) is 3.17. The zero-order valence-corrected chi connectivity index (χ0v) is 6.23. The third-order valence-electron chi connectivity index (χ3n) is 1.52. The lowest BCUT2D eigenvalue weighted by atomic mass is 10.1. The van der Waals surface area contributed by atoms with E-state index in [-0.39, 0.29) is 6.42 Å². The van der Waals surface area contributed by atoms with Crippen molar-refractivity contribution in [3.63, 3.8) is 0 Å². The maximum absolute atomic E-state index is 12.0. The highest BCUT2D eigenvalue weighted by molar-refractivity contribution is 5.24. The molecule has 0 unspecified atom stereocenters. The molecular weight excluding hydrogens is 165 g/mol. The molecule has 0 nitrogen and oxygen atoms in total. The molecule has 2 radical (unpaired) electrons. The van der Waals surface area contributed by atoms with Gasteiger partial charge in [0, 0.05) is 0 Å². The molecule has 3 heteroatoms. The highest BCUT2D eigenvalue weighted by Gasteiger charge is 2.29. The topological polar surface area (TPSA) is 0 Å². The predicted molar refractivity (Wildman–Crippen MR) is 39.4 cm³/mol. The molecule has 0 saturated heterocycles. The van der Waals surface area contributed by atoms with Crippen molar-refractivity contribution in [2.45, 2.75) is 12.6 Å². The summed E-state index contributed by atoms with van der Waals surface area (Å²) in [5.41, 5.74) is 0.0581. The van der Waals surface area contributed by atoms with E-state index in [1.54, 1.807) is 0 Å². The van der Waals surface area contributed by atoms with E-state index >= 15 is 0 Å². The Bertz CT molecular complexity index is 245. The summed E-state index contributed by atoms with van der Waals surface area (Å²) in [6.07, 6.45) is -3.99. The van der Waals surface area contributed by atoms with Crippen molar-refractivity contribution in [1.29, 1.82) is 0 Å². The van der Waals surface area contributed by atoms with E-state index in [2.05, 4.69) is 0 Å². The molecule has 12 heavy (non-hydrogen) atoms. The van der Waals surface area contributed by atoms with Gasteiger partial charge in [0.05, 0.1) is 5.56 Å². The molecule has 0 atom stereocenters. The van der Waals surface area contributed by atoms with E-state index in [4.69, 9.17) is 6.92 Å². The van der Waals surface area contributed by atoms with E-state index in [1.165, 1.54) is 12.1 Å². The minimum Gasteiger partial charge on any atom is -0.166 e. The Labute approximate surface area is 69.0 Å². The summed E-state index contributed by atoms with van der Waals surface area (Å²) < 4.78 is 36.0. The first-order valence-electron chi connectivity index (χ1n) is 3.40. The van der Waals surface area contributed by atoms with Crippen molar-refractivity contribution in [1.82, 2.24) is 0 Å². The highest BCUT2D eigenvalue weighted by Crippen LogP contribution is 2.28. The van der Waals surface area contributed by atoms with Gasteiger partial charge >= 0.3 is 6.18 Å². The Hall–Kier alpha value is -0.990. The molecule has 0 spiro atoms. The third-order valence-corrected chi connectivity index (χ3v) is 1.52. The van der Waals surface area contributed by atoms with E-state index < -0.39 is 11.7 Å². The van der Waals surface area contributed by atoms with Crippen LogP contribution in [0.2, 0.25) is 0 Å². The molecule has 0 saturated carbocycles. The van der Waals surface area contributed by atoms with Gasteiger partial charge in [-0.15, -0.1) is 0 Å². The Kier molecular flexibility index (Phi) is 2.40. The Morgan fingerprint density at radius 1 is 1.08 bits per heavy atom. The summed E-state index contributed by atoms with van der Waals surface area (Å²) in [7, 11) is 0. The summed E-state index contributed by atoms with van der Waals surface area (Å²) >= 11 is 0. The summed E-state index contributed by atoms with van der Waals surface area (Å²) in [5, 5.41) is 0. The second-order valence-corrected chi connectivity index (χ2v) is 2.40. The summed E-state index contributed by atoms with van der Waals surface area (Å²) in [6.45, 7) is 5.23. The molecule has 64 valence electrons. The number of benzene rings is 1. The van der Waals surface area contributed by atoms with Gasteiger partial charge in [-0.3, -0.25) is 0 Å². The molecule has 1 rings (SSSR count). The van der Waals surface area contributed by atoms with Crippen molar-refractivity contribution >= 4 is 0 Å². The fourth-order valence-electron chi connectivity index (χ4n) is 0.830. The van der Waals surface area contributed by atoms with Gasteiger partial charge in [0.15, 0.2) is 0 Å². The molecule has 1 aromatic rings. The summed E-state index contributed by atoms with van der Waals surface area (Å²) in [4.78, 5) is 0. The summed E-state index contributed by atoms with van der Waals surface area (Å²) in [6, 6.07) is 4.82. The van der Waals surface area contributed by atoms with Crippen LogP contribution in [0.5, 0.6) is 0 Å². The van der Waals surface area contributed by atoms with Crippen LogP contribution in [0.4, 0.5) is 13.2 Å². The van der Waals surface area contributed by atoms with Crippen LogP contribution in [-0.4, -0.2) is 0 Å². The van der Waals surface area contributed by atoms with Gasteiger partial charge in [-0.25, -0.2) is 0 Å². The lowest BCUT2D eigenvalue weighted by Crippen LogP contribution is -2.04. The first-order chi connectivity index (χ1) is 5.54. The van der Waals surface area contributed by atoms with Crippen LogP contribution in [0.1, 0.15) is 11.1 Å². The number of rotatable bonds is 1. The normalized spacial score (nSPS) is 11.7. The third kappa shape index (κ3) is 2.00. The van der Waals surface area contributed by atoms with Crippen LogP contribution in [0.15, 0.2) is 24.3 Å². The standard InChI is InChI=1S/C9H7F3/c1-2-7-3-5-8(6-4-7)9(10,11)12/h1,3-6H,2H2. The van der Waals surface area contributed by atoms with Gasteiger partial charge in [0.1, 0.15) is 0 Å². The van der Waals surface area contributed by atoms with Crippen LogP contribution >= 0.6 is 0 Å². The zero-order valence-electron chi connectivity index (χ0n) is 6.23. The summed E-state index contributed by atoms with van der Waals surface area (Å²) in [5.74, 6) is 0. The van der Waals surface area contributed by atoms with Gasteiger partial charge in [0.2, 0.25) is 0 Å². The monoisotopic (exact) mass is 172 g/mol. The minimum absolute atomic E-state index is 0.262. The Balaban J connectivity index is 2.93. The lowest BCUT2D eigenvalue weighted by molar-refractivity contribution is -0.137. The largest absolute Gasteiger partial charge is 0.416 e. The molecule has 0 amide bonds. The molecule has 0 aliphatic heterocycles. The highest BCUT2D eigenvalue weighted by atomic mass is 19.4. The van der Waals surface area contributed by atoms with Crippen LogP contribution in [0.25, 0.3) is 0 Å². The number of hydrogen-bond acceptors (Lipinski definition) is 0. The smallest absolute Gasteiger partial charge is 0.166 e.